The Hall–Kier alpha value is -1.77. The highest BCUT2D eigenvalue weighted by Crippen LogP contribution is 2.27. The van der Waals surface area contributed by atoms with Crippen LogP contribution in [-0.4, -0.2) is 14.9 Å². The molecule has 1 aromatic heterocycles. The number of aryl methyl sites for hydroxylation is 2. The molecule has 2 aromatic rings. The molecule has 1 N–H and O–H groups in total. The van der Waals surface area contributed by atoms with Crippen molar-refractivity contribution < 1.29 is 5.11 Å². The first-order valence-electron chi connectivity index (χ1n) is 7.04. The molecule has 0 atom stereocenters. The van der Waals surface area contributed by atoms with Gasteiger partial charge in [0.15, 0.2) is 0 Å². The maximum Gasteiger partial charge on any atom is 0.217 e. The first-order valence-corrected chi connectivity index (χ1v) is 7.04. The number of unbranched alkanes of at least 4 members (excludes halogenated alkanes) is 1. The summed E-state index contributed by atoms with van der Waals surface area (Å²) >= 11 is 0. The van der Waals surface area contributed by atoms with Crippen LogP contribution in [-0.2, 0) is 12.8 Å². The Labute approximate surface area is 114 Å². The zero-order valence-electron chi connectivity index (χ0n) is 12.0. The Morgan fingerprint density at radius 3 is 2.42 bits per heavy atom. The van der Waals surface area contributed by atoms with Gasteiger partial charge in [-0.2, -0.15) is 5.10 Å². The van der Waals surface area contributed by atoms with Crippen molar-refractivity contribution in [2.24, 2.45) is 0 Å². The first-order chi connectivity index (χ1) is 9.17. The Kier molecular flexibility index (Phi) is 4.25. The van der Waals surface area contributed by atoms with Gasteiger partial charge >= 0.3 is 0 Å². The lowest BCUT2D eigenvalue weighted by atomic mass is 10.1. The molecule has 0 radical (unpaired) electrons. The molecule has 3 heteroatoms. The largest absolute Gasteiger partial charge is 0.493 e. The SMILES string of the molecule is CCCCc1c(CC)nn(-c2ccc(C)cc2)c1O. The van der Waals surface area contributed by atoms with Crippen LogP contribution in [0.15, 0.2) is 24.3 Å². The van der Waals surface area contributed by atoms with Crippen molar-refractivity contribution >= 4 is 0 Å². The topological polar surface area (TPSA) is 38.0 Å². The predicted molar refractivity (Wildman–Crippen MR) is 78.0 cm³/mol. The lowest BCUT2D eigenvalue weighted by Crippen LogP contribution is -1.96. The van der Waals surface area contributed by atoms with Crippen LogP contribution >= 0.6 is 0 Å². The minimum Gasteiger partial charge on any atom is -0.493 e. The van der Waals surface area contributed by atoms with Crippen molar-refractivity contribution in [1.82, 2.24) is 9.78 Å². The molecule has 0 aliphatic heterocycles. The van der Waals surface area contributed by atoms with Crippen molar-refractivity contribution in [3.8, 4) is 11.6 Å². The minimum absolute atomic E-state index is 0.300. The molecule has 2 rings (SSSR count). The minimum atomic E-state index is 0.300. The molecule has 0 spiro atoms. The molecule has 19 heavy (non-hydrogen) atoms. The Morgan fingerprint density at radius 2 is 1.84 bits per heavy atom. The summed E-state index contributed by atoms with van der Waals surface area (Å²) in [6.45, 7) is 6.29. The molecule has 102 valence electrons. The Morgan fingerprint density at radius 1 is 1.16 bits per heavy atom. The number of benzene rings is 1. The van der Waals surface area contributed by atoms with E-state index in [0.29, 0.717) is 5.88 Å². The van der Waals surface area contributed by atoms with Crippen LogP contribution in [0.25, 0.3) is 5.69 Å². The molecule has 0 unspecified atom stereocenters. The van der Waals surface area contributed by atoms with E-state index < -0.39 is 0 Å². The van der Waals surface area contributed by atoms with E-state index in [1.807, 2.05) is 24.3 Å². The van der Waals surface area contributed by atoms with Gasteiger partial charge in [-0.1, -0.05) is 38.0 Å². The van der Waals surface area contributed by atoms with Gasteiger partial charge in [0.25, 0.3) is 0 Å². The van der Waals surface area contributed by atoms with Gasteiger partial charge in [0, 0.05) is 5.56 Å². The number of rotatable bonds is 5. The van der Waals surface area contributed by atoms with Gasteiger partial charge < -0.3 is 5.11 Å². The lowest BCUT2D eigenvalue weighted by Gasteiger charge is -2.04. The summed E-state index contributed by atoms with van der Waals surface area (Å²) < 4.78 is 1.66. The van der Waals surface area contributed by atoms with Crippen molar-refractivity contribution in [2.75, 3.05) is 0 Å². The standard InChI is InChI=1S/C16H22N2O/c1-4-6-7-14-15(5-2)17-18(16(14)19)13-10-8-12(3)9-11-13/h8-11,19H,4-7H2,1-3H3. The van der Waals surface area contributed by atoms with Crippen LogP contribution in [0, 0.1) is 6.92 Å². The van der Waals surface area contributed by atoms with Crippen LogP contribution in [0.5, 0.6) is 5.88 Å². The lowest BCUT2D eigenvalue weighted by molar-refractivity contribution is 0.427. The molecule has 0 bridgehead atoms. The summed E-state index contributed by atoms with van der Waals surface area (Å²) in [4.78, 5) is 0. The molecule has 0 aliphatic carbocycles. The molecule has 3 nitrogen and oxygen atoms in total. The molecule has 1 aromatic carbocycles. The van der Waals surface area contributed by atoms with Gasteiger partial charge in [-0.3, -0.25) is 0 Å². The molecule has 0 amide bonds. The molecule has 0 saturated carbocycles. The summed E-state index contributed by atoms with van der Waals surface area (Å²) in [7, 11) is 0. The zero-order valence-corrected chi connectivity index (χ0v) is 12.0. The van der Waals surface area contributed by atoms with Gasteiger partial charge in [0.05, 0.1) is 11.4 Å². The van der Waals surface area contributed by atoms with E-state index >= 15 is 0 Å². The third-order valence-electron chi connectivity index (χ3n) is 3.43. The molecule has 0 saturated heterocycles. The second-order valence-corrected chi connectivity index (χ2v) is 4.95. The van der Waals surface area contributed by atoms with E-state index in [0.717, 1.165) is 42.6 Å². The van der Waals surface area contributed by atoms with Gasteiger partial charge in [-0.25, -0.2) is 4.68 Å². The van der Waals surface area contributed by atoms with E-state index in [-0.39, 0.29) is 0 Å². The smallest absolute Gasteiger partial charge is 0.217 e. The van der Waals surface area contributed by atoms with E-state index in [4.69, 9.17) is 0 Å². The summed E-state index contributed by atoms with van der Waals surface area (Å²) in [6.07, 6.45) is 3.96. The van der Waals surface area contributed by atoms with Crippen molar-refractivity contribution in [2.45, 2.75) is 46.5 Å². The third kappa shape index (κ3) is 2.80. The number of aromatic hydroxyl groups is 1. The van der Waals surface area contributed by atoms with E-state index in [1.165, 1.54) is 5.56 Å². The number of hydrogen-bond donors (Lipinski definition) is 1. The molecular weight excluding hydrogens is 236 g/mol. The highest BCUT2D eigenvalue weighted by atomic mass is 16.3. The van der Waals surface area contributed by atoms with Gasteiger partial charge in [0.1, 0.15) is 0 Å². The monoisotopic (exact) mass is 258 g/mol. The summed E-state index contributed by atoms with van der Waals surface area (Å²) in [6, 6.07) is 8.05. The second-order valence-electron chi connectivity index (χ2n) is 4.95. The Balaban J connectivity index is 2.41. The van der Waals surface area contributed by atoms with E-state index in [9.17, 15) is 5.11 Å². The van der Waals surface area contributed by atoms with Gasteiger partial charge in [-0.05, 0) is 38.3 Å². The number of nitrogens with zero attached hydrogens (tertiary/aromatic N) is 2. The van der Waals surface area contributed by atoms with E-state index in [1.54, 1.807) is 4.68 Å². The summed E-state index contributed by atoms with van der Waals surface area (Å²) in [5.74, 6) is 0.300. The van der Waals surface area contributed by atoms with Gasteiger partial charge in [-0.15, -0.1) is 0 Å². The second kappa shape index (κ2) is 5.91. The van der Waals surface area contributed by atoms with Crippen LogP contribution in [0.2, 0.25) is 0 Å². The quantitative estimate of drug-likeness (QED) is 0.886. The molecule has 0 aliphatic rings. The average molecular weight is 258 g/mol. The number of aromatic nitrogens is 2. The maximum absolute atomic E-state index is 10.4. The maximum atomic E-state index is 10.4. The van der Waals surface area contributed by atoms with Crippen molar-refractivity contribution in [3.63, 3.8) is 0 Å². The molecule has 1 heterocycles. The molecule has 0 fully saturated rings. The number of hydrogen-bond acceptors (Lipinski definition) is 2. The zero-order chi connectivity index (χ0) is 13.8. The Bertz CT molecular complexity index is 541. The highest BCUT2D eigenvalue weighted by molar-refractivity contribution is 5.41. The van der Waals surface area contributed by atoms with Crippen LogP contribution in [0.3, 0.4) is 0 Å². The van der Waals surface area contributed by atoms with Crippen molar-refractivity contribution in [3.05, 3.63) is 41.1 Å². The van der Waals surface area contributed by atoms with Crippen LogP contribution in [0.1, 0.15) is 43.5 Å². The van der Waals surface area contributed by atoms with E-state index in [2.05, 4.69) is 25.9 Å². The average Bonchev–Trinajstić information content (AvgIpc) is 2.74. The highest BCUT2D eigenvalue weighted by Gasteiger charge is 2.16. The third-order valence-corrected chi connectivity index (χ3v) is 3.43. The normalized spacial score (nSPS) is 10.9. The van der Waals surface area contributed by atoms with Crippen molar-refractivity contribution in [1.29, 1.82) is 0 Å². The van der Waals surface area contributed by atoms with Crippen LogP contribution in [0.4, 0.5) is 0 Å². The molecular formula is C16H22N2O. The fourth-order valence-electron chi connectivity index (χ4n) is 2.25. The fraction of sp³-hybridized carbons (Fsp3) is 0.438. The summed E-state index contributed by atoms with van der Waals surface area (Å²) in [5, 5.41) is 14.9. The summed E-state index contributed by atoms with van der Waals surface area (Å²) in [5.41, 5.74) is 4.13. The van der Waals surface area contributed by atoms with Crippen LogP contribution < -0.4 is 0 Å². The first kappa shape index (κ1) is 13.7. The van der Waals surface area contributed by atoms with Gasteiger partial charge in [0.2, 0.25) is 5.88 Å². The fourth-order valence-corrected chi connectivity index (χ4v) is 2.25. The predicted octanol–water partition coefficient (Wildman–Crippen LogP) is 3.79.